The molecule has 6 nitrogen and oxygen atoms in total. The highest BCUT2D eigenvalue weighted by Gasteiger charge is 2.15. The van der Waals surface area contributed by atoms with E-state index in [0.29, 0.717) is 6.54 Å². The predicted octanol–water partition coefficient (Wildman–Crippen LogP) is 1.44. The van der Waals surface area contributed by atoms with Crippen molar-refractivity contribution in [3.05, 3.63) is 29.6 Å². The predicted molar refractivity (Wildman–Crippen MR) is 84.7 cm³/mol. The van der Waals surface area contributed by atoms with Gasteiger partial charge in [-0.25, -0.2) is 12.8 Å². The Morgan fingerprint density at radius 2 is 2.09 bits per heavy atom. The number of hydrogen-bond acceptors (Lipinski definition) is 4. The Kier molecular flexibility index (Phi) is 6.76. The van der Waals surface area contributed by atoms with Gasteiger partial charge in [-0.3, -0.25) is 9.52 Å². The zero-order valence-electron chi connectivity index (χ0n) is 12.7. The van der Waals surface area contributed by atoms with E-state index in [2.05, 4.69) is 5.32 Å². The lowest BCUT2D eigenvalue weighted by molar-refractivity contribution is 0.0935. The second-order valence-corrected chi connectivity index (χ2v) is 6.87. The van der Waals surface area contributed by atoms with Crippen LogP contribution in [0, 0.1) is 5.82 Å². The van der Waals surface area contributed by atoms with Crippen molar-refractivity contribution in [3.63, 3.8) is 0 Å². The van der Waals surface area contributed by atoms with E-state index in [1.54, 1.807) is 0 Å². The van der Waals surface area contributed by atoms with Crippen molar-refractivity contribution >= 4 is 21.6 Å². The van der Waals surface area contributed by atoms with E-state index in [-0.39, 0.29) is 17.3 Å². The molecule has 0 bridgehead atoms. The van der Waals surface area contributed by atoms with Gasteiger partial charge in [0.25, 0.3) is 5.91 Å². The van der Waals surface area contributed by atoms with Gasteiger partial charge >= 0.3 is 0 Å². The van der Waals surface area contributed by atoms with E-state index in [1.165, 1.54) is 12.1 Å². The molecule has 1 aromatic carbocycles. The molecular formula is C14H22FN3O3S. The number of nitrogens with one attached hydrogen (secondary N) is 2. The van der Waals surface area contributed by atoms with Crippen molar-refractivity contribution in [1.29, 1.82) is 0 Å². The summed E-state index contributed by atoms with van der Waals surface area (Å²) in [5.41, 5.74) is 5.52. The first-order valence-corrected chi connectivity index (χ1v) is 8.94. The van der Waals surface area contributed by atoms with Crippen LogP contribution in [0.4, 0.5) is 10.1 Å². The molecule has 0 fully saturated rings. The molecule has 1 amide bonds. The Morgan fingerprint density at radius 1 is 1.41 bits per heavy atom. The lowest BCUT2D eigenvalue weighted by atomic mass is 10.1. The summed E-state index contributed by atoms with van der Waals surface area (Å²) < 4.78 is 38.0. The fraction of sp³-hybridized carbons (Fsp3) is 0.500. The lowest BCUT2D eigenvalue weighted by Gasteiger charge is -2.17. The number of benzene rings is 1. The average Bonchev–Trinajstić information content (AvgIpc) is 2.44. The maximum atomic E-state index is 13.6. The van der Waals surface area contributed by atoms with Crippen molar-refractivity contribution in [1.82, 2.24) is 5.32 Å². The molecule has 0 heterocycles. The van der Waals surface area contributed by atoms with Crippen LogP contribution in [0.3, 0.4) is 0 Å². The van der Waals surface area contributed by atoms with Crippen molar-refractivity contribution in [3.8, 4) is 0 Å². The molecule has 0 saturated carbocycles. The average molecular weight is 331 g/mol. The number of carbonyl (C=O) groups is 1. The molecule has 124 valence electrons. The summed E-state index contributed by atoms with van der Waals surface area (Å²) in [7, 11) is -3.62. The quantitative estimate of drug-likeness (QED) is 0.671. The lowest BCUT2D eigenvalue weighted by Crippen LogP contribution is -2.40. The van der Waals surface area contributed by atoms with Crippen LogP contribution in [0.15, 0.2) is 18.2 Å². The molecule has 0 radical (unpaired) electrons. The van der Waals surface area contributed by atoms with Crippen LogP contribution < -0.4 is 15.8 Å². The molecule has 0 aromatic heterocycles. The molecule has 0 saturated heterocycles. The van der Waals surface area contributed by atoms with Gasteiger partial charge in [0, 0.05) is 18.2 Å². The standard InChI is InChI=1S/C14H22FN3O3S/c1-3-4-5-11(9-16)17-14(19)10-6-7-12(15)13(8-10)18-22(2,20)21/h6-8,11,18H,3-5,9,16H2,1-2H3,(H,17,19). The van der Waals surface area contributed by atoms with Crippen LogP contribution in [-0.4, -0.2) is 33.2 Å². The Hall–Kier alpha value is -1.67. The van der Waals surface area contributed by atoms with Crippen LogP contribution in [-0.2, 0) is 10.0 Å². The smallest absolute Gasteiger partial charge is 0.251 e. The van der Waals surface area contributed by atoms with E-state index in [1.807, 2.05) is 11.6 Å². The monoisotopic (exact) mass is 331 g/mol. The molecule has 22 heavy (non-hydrogen) atoms. The number of halogens is 1. The van der Waals surface area contributed by atoms with E-state index in [4.69, 9.17) is 5.73 Å². The summed E-state index contributed by atoms with van der Waals surface area (Å²) in [5.74, 6) is -1.16. The second kappa shape index (κ2) is 8.09. The topological polar surface area (TPSA) is 101 Å². The first-order chi connectivity index (χ1) is 10.3. The number of hydrogen-bond donors (Lipinski definition) is 3. The fourth-order valence-corrected chi connectivity index (χ4v) is 2.47. The van der Waals surface area contributed by atoms with E-state index in [0.717, 1.165) is 31.6 Å². The first kappa shape index (κ1) is 18.4. The van der Waals surface area contributed by atoms with Gasteiger partial charge in [0.05, 0.1) is 11.9 Å². The number of carbonyl (C=O) groups excluding carboxylic acids is 1. The molecule has 4 N–H and O–H groups in total. The summed E-state index contributed by atoms with van der Waals surface area (Å²) in [5, 5.41) is 2.76. The Labute approximate surface area is 130 Å². The van der Waals surface area contributed by atoms with Gasteiger partial charge in [0.2, 0.25) is 10.0 Å². The highest BCUT2D eigenvalue weighted by Crippen LogP contribution is 2.17. The Morgan fingerprint density at radius 3 is 2.64 bits per heavy atom. The summed E-state index contributed by atoms with van der Waals surface area (Å²) in [6.45, 7) is 2.35. The number of unbranched alkanes of at least 4 members (excludes halogenated alkanes) is 1. The largest absolute Gasteiger partial charge is 0.348 e. The van der Waals surface area contributed by atoms with Crippen LogP contribution in [0.2, 0.25) is 0 Å². The molecular weight excluding hydrogens is 309 g/mol. The van der Waals surface area contributed by atoms with Crippen LogP contribution in [0.5, 0.6) is 0 Å². The first-order valence-electron chi connectivity index (χ1n) is 7.05. The summed E-state index contributed by atoms with van der Waals surface area (Å²) >= 11 is 0. The SMILES string of the molecule is CCCCC(CN)NC(=O)c1ccc(F)c(NS(C)(=O)=O)c1. The summed E-state index contributed by atoms with van der Waals surface area (Å²) in [4.78, 5) is 12.1. The third-order valence-corrected chi connectivity index (χ3v) is 3.64. The third-order valence-electron chi connectivity index (χ3n) is 3.05. The number of sulfonamides is 1. The van der Waals surface area contributed by atoms with Crippen molar-refractivity contribution in [2.45, 2.75) is 32.2 Å². The molecule has 1 unspecified atom stereocenters. The van der Waals surface area contributed by atoms with Gasteiger partial charge in [0.1, 0.15) is 5.82 Å². The number of anilines is 1. The van der Waals surface area contributed by atoms with Crippen molar-refractivity contribution < 1.29 is 17.6 Å². The third kappa shape index (κ3) is 5.98. The summed E-state index contributed by atoms with van der Waals surface area (Å²) in [6, 6.07) is 3.35. The van der Waals surface area contributed by atoms with Gasteiger partial charge in [-0.1, -0.05) is 19.8 Å². The highest BCUT2D eigenvalue weighted by molar-refractivity contribution is 7.92. The van der Waals surface area contributed by atoms with Gasteiger partial charge in [-0.15, -0.1) is 0 Å². The highest BCUT2D eigenvalue weighted by atomic mass is 32.2. The zero-order chi connectivity index (χ0) is 16.8. The Bertz CT molecular complexity index is 620. The van der Waals surface area contributed by atoms with Crippen LogP contribution >= 0.6 is 0 Å². The second-order valence-electron chi connectivity index (χ2n) is 5.12. The zero-order valence-corrected chi connectivity index (χ0v) is 13.5. The van der Waals surface area contributed by atoms with Gasteiger partial charge < -0.3 is 11.1 Å². The number of nitrogens with two attached hydrogens (primary N) is 1. The van der Waals surface area contributed by atoms with Crippen molar-refractivity contribution in [2.24, 2.45) is 5.73 Å². The molecule has 0 aliphatic rings. The molecule has 1 rings (SSSR count). The van der Waals surface area contributed by atoms with Gasteiger partial charge in [0.15, 0.2) is 0 Å². The van der Waals surface area contributed by atoms with Gasteiger partial charge in [-0.2, -0.15) is 0 Å². The van der Waals surface area contributed by atoms with Crippen molar-refractivity contribution in [2.75, 3.05) is 17.5 Å². The van der Waals surface area contributed by atoms with Crippen LogP contribution in [0.25, 0.3) is 0 Å². The van der Waals surface area contributed by atoms with E-state index < -0.39 is 21.7 Å². The number of amides is 1. The molecule has 1 atom stereocenters. The maximum Gasteiger partial charge on any atom is 0.251 e. The molecule has 1 aromatic rings. The fourth-order valence-electron chi connectivity index (χ4n) is 1.91. The summed E-state index contributed by atoms with van der Waals surface area (Å²) in [6.07, 6.45) is 3.60. The molecule has 8 heteroatoms. The maximum absolute atomic E-state index is 13.6. The van der Waals surface area contributed by atoms with Crippen LogP contribution in [0.1, 0.15) is 36.5 Å². The molecule has 0 aliphatic heterocycles. The van der Waals surface area contributed by atoms with E-state index >= 15 is 0 Å². The minimum absolute atomic E-state index is 0.163. The minimum Gasteiger partial charge on any atom is -0.348 e. The molecule has 0 aliphatic carbocycles. The Balaban J connectivity index is 2.87. The molecule has 0 spiro atoms. The van der Waals surface area contributed by atoms with E-state index in [9.17, 15) is 17.6 Å². The minimum atomic E-state index is -3.62. The number of rotatable bonds is 8. The normalized spacial score (nSPS) is 12.7. The van der Waals surface area contributed by atoms with Gasteiger partial charge in [-0.05, 0) is 24.6 Å².